The van der Waals surface area contributed by atoms with Crippen LogP contribution in [0, 0.1) is 16.5 Å². The summed E-state index contributed by atoms with van der Waals surface area (Å²) < 4.78 is 6.47. The number of nitrogens with one attached hydrogen (secondary N) is 1. The first-order valence-corrected chi connectivity index (χ1v) is 11.5. The fraction of sp³-hybridized carbons (Fsp3) is 0.526. The predicted octanol–water partition coefficient (Wildman–Crippen LogP) is 1.35. The van der Waals surface area contributed by atoms with Gasteiger partial charge in [0.2, 0.25) is 5.71 Å². The highest BCUT2D eigenvalue weighted by Gasteiger charge is 2.35. The van der Waals surface area contributed by atoms with Crippen LogP contribution in [0.15, 0.2) is 0 Å². The first kappa shape index (κ1) is 22.8. The Bertz CT molecular complexity index is 972. The van der Waals surface area contributed by atoms with Crippen molar-refractivity contribution in [1.82, 2.24) is 15.0 Å². The molecule has 1 aliphatic heterocycles. The number of carbonyl (C=O) groups excluding carboxylic acids is 1. The second-order valence-electron chi connectivity index (χ2n) is 7.25. The quantitative estimate of drug-likeness (QED) is 0.259. The third kappa shape index (κ3) is 4.72. The van der Waals surface area contributed by atoms with Gasteiger partial charge in [-0.25, -0.2) is 14.8 Å². The number of anilines is 1. The van der Waals surface area contributed by atoms with Crippen molar-refractivity contribution in [3.05, 3.63) is 25.8 Å². The molecule has 2 aromatic rings. The molecular formula is C19H25IN5O4S+. The topological polar surface area (TPSA) is 134 Å². The number of carbonyl (C=O) groups is 2. The zero-order valence-electron chi connectivity index (χ0n) is 17.1. The van der Waals surface area contributed by atoms with Gasteiger partial charge in [0.25, 0.3) is 5.78 Å². The van der Waals surface area contributed by atoms with E-state index in [0.29, 0.717) is 30.3 Å². The number of Topliss-reactive ketones (excluding diaryl/α,β-unsaturated/α-hetero) is 1. The van der Waals surface area contributed by atoms with Crippen LogP contribution in [-0.2, 0) is 11.2 Å². The Morgan fingerprint density at radius 2 is 2.17 bits per heavy atom. The minimum Gasteiger partial charge on any atom is -0.477 e. The van der Waals surface area contributed by atoms with Gasteiger partial charge < -0.3 is 19.7 Å². The van der Waals surface area contributed by atoms with Crippen molar-refractivity contribution in [1.29, 1.82) is 0 Å². The molecule has 3 heterocycles. The van der Waals surface area contributed by atoms with Gasteiger partial charge in [-0.1, -0.05) is 18.3 Å². The van der Waals surface area contributed by atoms with Crippen molar-refractivity contribution in [3.8, 4) is 0 Å². The molecule has 1 unspecified atom stereocenters. The third-order valence-electron chi connectivity index (χ3n) is 5.32. The van der Waals surface area contributed by atoms with E-state index in [2.05, 4.69) is 37.5 Å². The number of rotatable bonds is 8. The first-order valence-electron chi connectivity index (χ1n) is 9.63. The Labute approximate surface area is 191 Å². The maximum absolute atomic E-state index is 12.7. The summed E-state index contributed by atoms with van der Waals surface area (Å²) in [7, 11) is 1.64. The lowest BCUT2D eigenvalue weighted by Crippen LogP contribution is -2.51. The Hall–Kier alpha value is -1.86. The number of halogens is 1. The molecule has 1 aliphatic rings. The number of aromatic amines is 1. The summed E-state index contributed by atoms with van der Waals surface area (Å²) in [4.78, 5) is 38.1. The number of nitrogens with zero attached hydrogens (tertiary/aromatic N) is 3. The Morgan fingerprint density at radius 1 is 1.43 bits per heavy atom. The number of ketones is 1. The van der Waals surface area contributed by atoms with Crippen LogP contribution in [0.1, 0.15) is 51.4 Å². The monoisotopic (exact) mass is 546 g/mol. The summed E-state index contributed by atoms with van der Waals surface area (Å²) in [5, 5.41) is 16.1. The van der Waals surface area contributed by atoms with E-state index in [-0.39, 0.29) is 34.2 Å². The lowest BCUT2D eigenvalue weighted by atomic mass is 9.88. The van der Waals surface area contributed by atoms with Crippen molar-refractivity contribution in [3.63, 3.8) is 0 Å². The number of H-pyrrole nitrogens is 1. The summed E-state index contributed by atoms with van der Waals surface area (Å²) in [6.45, 7) is 4.95. The van der Waals surface area contributed by atoms with Crippen LogP contribution in [-0.4, -0.2) is 63.8 Å². The number of aromatic carboxylic acids is 1. The minimum atomic E-state index is -0.964. The van der Waals surface area contributed by atoms with Crippen LogP contribution >= 0.6 is 33.9 Å². The number of aromatic nitrogens is 3. The van der Waals surface area contributed by atoms with Crippen molar-refractivity contribution in [2.75, 3.05) is 25.1 Å². The average molecular weight is 546 g/mol. The average Bonchev–Trinajstić information content (AvgIpc) is 3.30. The zero-order valence-corrected chi connectivity index (χ0v) is 20.0. The van der Waals surface area contributed by atoms with Gasteiger partial charge in [-0.2, -0.15) is 0 Å². The van der Waals surface area contributed by atoms with E-state index in [1.165, 1.54) is 11.3 Å². The van der Waals surface area contributed by atoms with Crippen LogP contribution in [0.3, 0.4) is 0 Å². The molecule has 0 aromatic carbocycles. The Morgan fingerprint density at radius 3 is 2.73 bits per heavy atom. The fourth-order valence-corrected chi connectivity index (χ4v) is 5.31. The van der Waals surface area contributed by atoms with Gasteiger partial charge >= 0.3 is 5.97 Å². The highest BCUT2D eigenvalue weighted by Crippen LogP contribution is 2.31. The molecule has 2 aromatic heterocycles. The number of methoxy groups -OCH3 is 1. The summed E-state index contributed by atoms with van der Waals surface area (Å²) >= 11 is 3.28. The highest BCUT2D eigenvalue weighted by molar-refractivity contribution is 14.1. The number of imidazole rings is 1. The number of thiazole rings is 1. The van der Waals surface area contributed by atoms with Crippen LogP contribution in [0.4, 0.5) is 5.13 Å². The third-order valence-corrected chi connectivity index (χ3v) is 7.42. The van der Waals surface area contributed by atoms with Gasteiger partial charge in [-0.05, 0) is 48.3 Å². The van der Waals surface area contributed by atoms with Gasteiger partial charge in [-0.15, -0.1) is 0 Å². The smallest absolute Gasteiger partial charge is 0.347 e. The molecule has 4 N–H and O–H groups in total. The van der Waals surface area contributed by atoms with E-state index >= 15 is 0 Å². The fourth-order valence-electron chi connectivity index (χ4n) is 3.61. The number of nitrogens with two attached hydrogens (primary N) is 1. The maximum Gasteiger partial charge on any atom is 0.347 e. The molecule has 3 rings (SSSR count). The van der Waals surface area contributed by atoms with Crippen LogP contribution in [0.5, 0.6) is 0 Å². The number of ether oxygens (including phenoxy) is 1. The van der Waals surface area contributed by atoms with Gasteiger partial charge in [0.1, 0.15) is 8.58 Å². The van der Waals surface area contributed by atoms with Crippen molar-refractivity contribution < 1.29 is 24.8 Å². The van der Waals surface area contributed by atoms with E-state index in [1.807, 2.05) is 11.8 Å². The summed E-state index contributed by atoms with van der Waals surface area (Å²) in [6, 6.07) is 0. The number of carboxylic acids is 1. The van der Waals surface area contributed by atoms with E-state index < -0.39 is 5.97 Å². The van der Waals surface area contributed by atoms with Crippen LogP contribution in [0.25, 0.3) is 0 Å². The lowest BCUT2D eigenvalue weighted by Gasteiger charge is -2.37. The van der Waals surface area contributed by atoms with Crippen molar-refractivity contribution >= 4 is 56.5 Å². The van der Waals surface area contributed by atoms with Crippen molar-refractivity contribution in [2.24, 2.45) is 5.92 Å². The summed E-state index contributed by atoms with van der Waals surface area (Å²) in [6.07, 6.45) is 1.79. The van der Waals surface area contributed by atoms with Crippen molar-refractivity contribution in [2.45, 2.75) is 39.2 Å². The number of hydrogen-bond donors (Lipinski definition) is 3. The van der Waals surface area contributed by atoms with Gasteiger partial charge in [0.15, 0.2) is 11.0 Å². The van der Waals surface area contributed by atoms with E-state index in [0.717, 1.165) is 22.2 Å². The molecule has 2 atom stereocenters. The first-order chi connectivity index (χ1) is 14.2. The predicted molar refractivity (Wildman–Crippen MR) is 121 cm³/mol. The lowest BCUT2D eigenvalue weighted by molar-refractivity contribution is -0.117. The van der Waals surface area contributed by atoms with Crippen LogP contribution in [0.2, 0.25) is 0 Å². The number of aryl methyl sites for hydroxylation is 2. The van der Waals surface area contributed by atoms with Gasteiger partial charge in [0.05, 0.1) is 11.8 Å². The molecule has 0 bridgehead atoms. The molecular weight excluding hydrogens is 521 g/mol. The van der Waals surface area contributed by atoms with Gasteiger partial charge in [-0.3, -0.25) is 10.2 Å². The van der Waals surface area contributed by atoms with Crippen LogP contribution < -0.4 is 10.3 Å². The molecule has 11 heteroatoms. The molecule has 9 nitrogen and oxygen atoms in total. The summed E-state index contributed by atoms with van der Waals surface area (Å²) in [5.74, 6) is -0.879. The molecule has 1 saturated heterocycles. The second-order valence-corrected chi connectivity index (χ2v) is 9.25. The second kappa shape index (κ2) is 9.52. The molecule has 0 saturated carbocycles. The normalized spacial score (nSPS) is 19.1. The number of piperidine rings is 1. The maximum atomic E-state index is 12.7. The molecule has 162 valence electrons. The standard InChI is InChI=1S/C19H24IN5O4S/c1-4-12-16(20)24-17(23-12)14(26)11(21)7-10-5-6-25(8-13(10)29-3)19-22-9(2)15(30-19)18(27)28/h10,13,21H,4-8H2,1-3H3,(H,23,24)(H,27,28)/p+1/t10?,13-/m0/s1. The molecule has 0 amide bonds. The summed E-state index contributed by atoms with van der Waals surface area (Å²) in [5.41, 5.74) is 1.71. The van der Waals surface area contributed by atoms with Gasteiger partial charge in [0, 0.05) is 32.3 Å². The zero-order chi connectivity index (χ0) is 22.0. The molecule has 1 fully saturated rings. The molecule has 0 aliphatic carbocycles. The minimum absolute atomic E-state index is 0.0786. The van der Waals surface area contributed by atoms with E-state index in [9.17, 15) is 14.7 Å². The number of carboxylic acid groups (broad SMARTS) is 1. The van der Waals surface area contributed by atoms with E-state index in [1.54, 1.807) is 14.0 Å². The highest BCUT2D eigenvalue weighted by atomic mass is 127. The molecule has 0 spiro atoms. The Kier molecular flexibility index (Phi) is 7.24. The van der Waals surface area contributed by atoms with E-state index in [4.69, 9.17) is 10.1 Å². The molecule has 30 heavy (non-hydrogen) atoms. The largest absolute Gasteiger partial charge is 0.477 e. The molecule has 0 radical (unpaired) electrons. The Balaban J connectivity index is 1.66. The SMILES string of the molecule is CCc1[nH]c(C(=O)C(=[NH2+])CC2CCN(c3nc(C)c(C(=O)O)s3)C[C@@H]2OC)nc1I. The number of hydrogen-bond acceptors (Lipinski definition) is 7.